The van der Waals surface area contributed by atoms with Crippen molar-refractivity contribution < 1.29 is 24.5 Å². The molecule has 1 aromatic rings. The van der Waals surface area contributed by atoms with Crippen molar-refractivity contribution in [2.45, 2.75) is 25.8 Å². The van der Waals surface area contributed by atoms with Crippen LogP contribution in [0.25, 0.3) is 0 Å². The SMILES string of the molecule is CCc1ccc(OCC(=O)NC(CCO)C(=O)O)cc1. The van der Waals surface area contributed by atoms with Crippen LogP contribution < -0.4 is 10.1 Å². The van der Waals surface area contributed by atoms with E-state index in [1.807, 2.05) is 19.1 Å². The van der Waals surface area contributed by atoms with Crippen molar-refractivity contribution >= 4 is 11.9 Å². The number of aliphatic hydroxyl groups excluding tert-OH is 1. The third-order valence-electron chi connectivity index (χ3n) is 2.75. The molecule has 0 spiro atoms. The van der Waals surface area contributed by atoms with E-state index in [4.69, 9.17) is 14.9 Å². The van der Waals surface area contributed by atoms with E-state index in [0.717, 1.165) is 12.0 Å². The van der Waals surface area contributed by atoms with Crippen molar-refractivity contribution in [3.63, 3.8) is 0 Å². The van der Waals surface area contributed by atoms with Gasteiger partial charge in [0.1, 0.15) is 11.8 Å². The Labute approximate surface area is 117 Å². The maximum Gasteiger partial charge on any atom is 0.326 e. The minimum atomic E-state index is -1.18. The van der Waals surface area contributed by atoms with E-state index in [1.54, 1.807) is 12.1 Å². The molecule has 0 aliphatic rings. The average molecular weight is 281 g/mol. The molecule has 1 rings (SSSR count). The Kier molecular flexibility index (Phi) is 6.52. The van der Waals surface area contributed by atoms with Gasteiger partial charge in [-0.15, -0.1) is 0 Å². The monoisotopic (exact) mass is 281 g/mol. The van der Waals surface area contributed by atoms with E-state index in [1.165, 1.54) is 0 Å². The number of carbonyl (C=O) groups excluding carboxylic acids is 1. The first-order chi connectivity index (χ1) is 9.56. The van der Waals surface area contributed by atoms with Crippen LogP contribution in [0.15, 0.2) is 24.3 Å². The fourth-order valence-electron chi connectivity index (χ4n) is 1.59. The Morgan fingerprint density at radius 1 is 1.30 bits per heavy atom. The van der Waals surface area contributed by atoms with Crippen LogP contribution in [0.1, 0.15) is 18.9 Å². The summed E-state index contributed by atoms with van der Waals surface area (Å²) in [6.07, 6.45) is 0.883. The van der Waals surface area contributed by atoms with Gasteiger partial charge in [0, 0.05) is 13.0 Å². The summed E-state index contributed by atoms with van der Waals surface area (Å²) in [7, 11) is 0. The number of nitrogens with one attached hydrogen (secondary N) is 1. The molecule has 3 N–H and O–H groups in total. The number of aliphatic carboxylic acids is 1. The summed E-state index contributed by atoms with van der Waals surface area (Å²) in [6.45, 7) is 1.47. The highest BCUT2D eigenvalue weighted by molar-refractivity contribution is 5.84. The number of hydrogen-bond donors (Lipinski definition) is 3. The molecule has 0 fully saturated rings. The molecule has 6 heteroatoms. The molecule has 0 heterocycles. The molecule has 6 nitrogen and oxygen atoms in total. The number of aryl methyl sites for hydroxylation is 1. The van der Waals surface area contributed by atoms with Crippen molar-refractivity contribution in [1.29, 1.82) is 0 Å². The zero-order chi connectivity index (χ0) is 15.0. The molecule has 0 aliphatic carbocycles. The summed E-state index contributed by atoms with van der Waals surface area (Å²) in [5.41, 5.74) is 1.16. The van der Waals surface area contributed by atoms with E-state index in [0.29, 0.717) is 5.75 Å². The number of carboxylic acids is 1. The van der Waals surface area contributed by atoms with Gasteiger partial charge in [-0.2, -0.15) is 0 Å². The molecule has 0 aromatic heterocycles. The van der Waals surface area contributed by atoms with Crippen molar-refractivity contribution in [3.05, 3.63) is 29.8 Å². The normalized spacial score (nSPS) is 11.7. The smallest absolute Gasteiger partial charge is 0.326 e. The molecule has 0 saturated heterocycles. The maximum atomic E-state index is 11.5. The third kappa shape index (κ3) is 5.27. The summed E-state index contributed by atoms with van der Waals surface area (Å²) < 4.78 is 5.26. The van der Waals surface area contributed by atoms with Gasteiger partial charge in [-0.25, -0.2) is 4.79 Å². The van der Waals surface area contributed by atoms with Crippen molar-refractivity contribution in [2.24, 2.45) is 0 Å². The molecule has 1 unspecified atom stereocenters. The van der Waals surface area contributed by atoms with Gasteiger partial charge in [-0.3, -0.25) is 4.79 Å². The number of carbonyl (C=O) groups is 2. The van der Waals surface area contributed by atoms with Crippen LogP contribution in [-0.4, -0.2) is 41.3 Å². The van der Waals surface area contributed by atoms with Crippen LogP contribution in [0.5, 0.6) is 5.75 Å². The minimum Gasteiger partial charge on any atom is -0.484 e. The van der Waals surface area contributed by atoms with Gasteiger partial charge in [0.15, 0.2) is 6.61 Å². The molecule has 1 amide bonds. The van der Waals surface area contributed by atoms with E-state index >= 15 is 0 Å². The molecule has 1 atom stereocenters. The Hall–Kier alpha value is -2.08. The highest BCUT2D eigenvalue weighted by Crippen LogP contribution is 2.12. The van der Waals surface area contributed by atoms with Gasteiger partial charge in [0.2, 0.25) is 0 Å². The second-order valence-electron chi connectivity index (χ2n) is 4.26. The van der Waals surface area contributed by atoms with Gasteiger partial charge < -0.3 is 20.3 Å². The van der Waals surface area contributed by atoms with Gasteiger partial charge in [0.25, 0.3) is 5.91 Å². The van der Waals surface area contributed by atoms with Gasteiger partial charge in [-0.1, -0.05) is 19.1 Å². The number of ether oxygens (including phenoxy) is 1. The highest BCUT2D eigenvalue weighted by atomic mass is 16.5. The van der Waals surface area contributed by atoms with Gasteiger partial charge >= 0.3 is 5.97 Å². The Balaban J connectivity index is 2.43. The molecule has 0 saturated carbocycles. The largest absolute Gasteiger partial charge is 0.484 e. The fourth-order valence-corrected chi connectivity index (χ4v) is 1.59. The van der Waals surface area contributed by atoms with Crippen LogP contribution in [0.4, 0.5) is 0 Å². The number of aliphatic hydroxyl groups is 1. The lowest BCUT2D eigenvalue weighted by atomic mass is 10.2. The number of amides is 1. The minimum absolute atomic E-state index is 0.0354. The van der Waals surface area contributed by atoms with E-state index in [2.05, 4.69) is 5.32 Å². The Bertz CT molecular complexity index is 443. The van der Waals surface area contributed by atoms with E-state index in [9.17, 15) is 9.59 Å². The van der Waals surface area contributed by atoms with Crippen LogP contribution in [0.2, 0.25) is 0 Å². The van der Waals surface area contributed by atoms with E-state index in [-0.39, 0.29) is 19.6 Å². The van der Waals surface area contributed by atoms with Crippen LogP contribution in [-0.2, 0) is 16.0 Å². The standard InChI is InChI=1S/C14H19NO5/c1-2-10-3-5-11(6-4-10)20-9-13(17)15-12(7-8-16)14(18)19/h3-6,12,16H,2,7-9H2,1H3,(H,15,17)(H,18,19). The maximum absolute atomic E-state index is 11.5. The number of rotatable bonds is 8. The lowest BCUT2D eigenvalue weighted by molar-refractivity contribution is -0.142. The number of hydrogen-bond acceptors (Lipinski definition) is 4. The van der Waals surface area contributed by atoms with Crippen molar-refractivity contribution in [1.82, 2.24) is 5.32 Å². The molecular weight excluding hydrogens is 262 g/mol. The molecule has 20 heavy (non-hydrogen) atoms. The second kappa shape index (κ2) is 8.16. The van der Waals surface area contributed by atoms with Gasteiger partial charge in [-0.05, 0) is 24.1 Å². The van der Waals surface area contributed by atoms with Crippen LogP contribution in [0, 0.1) is 0 Å². The summed E-state index contributed by atoms with van der Waals surface area (Å²) in [5, 5.41) is 19.8. The van der Waals surface area contributed by atoms with Crippen molar-refractivity contribution in [2.75, 3.05) is 13.2 Å². The predicted octanol–water partition coefficient (Wildman–Crippen LogP) is 0.580. The van der Waals surface area contributed by atoms with E-state index < -0.39 is 17.9 Å². The third-order valence-corrected chi connectivity index (χ3v) is 2.75. The molecule has 0 bridgehead atoms. The average Bonchev–Trinajstić information content (AvgIpc) is 2.45. The van der Waals surface area contributed by atoms with Gasteiger partial charge in [0.05, 0.1) is 0 Å². The van der Waals surface area contributed by atoms with Crippen LogP contribution >= 0.6 is 0 Å². The summed E-state index contributed by atoms with van der Waals surface area (Å²) in [6, 6.07) is 6.22. The summed E-state index contributed by atoms with van der Waals surface area (Å²) >= 11 is 0. The highest BCUT2D eigenvalue weighted by Gasteiger charge is 2.19. The van der Waals surface area contributed by atoms with Crippen molar-refractivity contribution in [3.8, 4) is 5.75 Å². The number of carboxylic acid groups (broad SMARTS) is 1. The second-order valence-corrected chi connectivity index (χ2v) is 4.26. The first-order valence-electron chi connectivity index (χ1n) is 6.41. The zero-order valence-corrected chi connectivity index (χ0v) is 11.3. The Morgan fingerprint density at radius 2 is 1.95 bits per heavy atom. The summed E-state index contributed by atoms with van der Waals surface area (Å²) in [4.78, 5) is 22.4. The summed E-state index contributed by atoms with van der Waals surface area (Å²) in [5.74, 6) is -1.17. The zero-order valence-electron chi connectivity index (χ0n) is 11.3. The quantitative estimate of drug-likeness (QED) is 0.648. The number of benzene rings is 1. The Morgan fingerprint density at radius 3 is 2.45 bits per heavy atom. The molecule has 0 aliphatic heterocycles. The topological polar surface area (TPSA) is 95.9 Å². The lowest BCUT2D eigenvalue weighted by Gasteiger charge is -2.13. The molecule has 1 aromatic carbocycles. The first-order valence-corrected chi connectivity index (χ1v) is 6.41. The predicted molar refractivity (Wildman–Crippen MR) is 72.6 cm³/mol. The van der Waals surface area contributed by atoms with Crippen LogP contribution in [0.3, 0.4) is 0 Å². The fraction of sp³-hybridized carbons (Fsp3) is 0.429. The molecule has 110 valence electrons. The first kappa shape index (κ1) is 16.0. The molecule has 0 radical (unpaired) electrons. The molecular formula is C14H19NO5. The lowest BCUT2D eigenvalue weighted by Crippen LogP contribution is -2.43.